The highest BCUT2D eigenvalue weighted by atomic mass is 16.4. The van der Waals surface area contributed by atoms with Crippen LogP contribution in [-0.4, -0.2) is 22.2 Å². The first-order valence-electron chi connectivity index (χ1n) is 3.53. The van der Waals surface area contributed by atoms with E-state index in [-0.39, 0.29) is 24.7 Å². The molecule has 0 spiro atoms. The van der Waals surface area contributed by atoms with Gasteiger partial charge in [-0.05, 0) is 18.3 Å². The second kappa shape index (κ2) is 2.90. The predicted octanol–water partition coefficient (Wildman–Crippen LogP) is 0.572. The SMILES string of the molecule is O=C(O)C[C@@H]1C[C@@H]1CC(=O)O. The highest BCUT2D eigenvalue weighted by Gasteiger charge is 2.39. The highest BCUT2D eigenvalue weighted by Crippen LogP contribution is 2.43. The van der Waals surface area contributed by atoms with E-state index in [1.54, 1.807) is 0 Å². The smallest absolute Gasteiger partial charge is 0.303 e. The van der Waals surface area contributed by atoms with Gasteiger partial charge >= 0.3 is 11.9 Å². The maximum absolute atomic E-state index is 10.1. The molecular weight excluding hydrogens is 148 g/mol. The standard InChI is InChI=1S/C7H10O4/c8-6(9)2-4-1-5(4)3-7(10)11/h4-5H,1-3H2,(H,8,9)(H,10,11)/t4-,5+. The van der Waals surface area contributed by atoms with Crippen LogP contribution in [0, 0.1) is 11.8 Å². The zero-order valence-electron chi connectivity index (χ0n) is 5.99. The van der Waals surface area contributed by atoms with E-state index in [9.17, 15) is 9.59 Å². The van der Waals surface area contributed by atoms with Crippen molar-refractivity contribution in [2.24, 2.45) is 11.8 Å². The summed E-state index contributed by atoms with van der Waals surface area (Å²) in [6.45, 7) is 0. The van der Waals surface area contributed by atoms with Gasteiger partial charge in [-0.25, -0.2) is 0 Å². The summed E-state index contributed by atoms with van der Waals surface area (Å²) < 4.78 is 0. The maximum Gasteiger partial charge on any atom is 0.303 e. The molecule has 4 heteroatoms. The van der Waals surface area contributed by atoms with Gasteiger partial charge < -0.3 is 10.2 Å². The average Bonchev–Trinajstić information content (AvgIpc) is 2.43. The van der Waals surface area contributed by atoms with Crippen LogP contribution in [-0.2, 0) is 9.59 Å². The summed E-state index contributed by atoms with van der Waals surface area (Å²) in [5, 5.41) is 16.7. The molecule has 0 bridgehead atoms. The van der Waals surface area contributed by atoms with Crippen LogP contribution in [0.15, 0.2) is 0 Å². The van der Waals surface area contributed by atoms with Crippen LogP contribution in [0.25, 0.3) is 0 Å². The Balaban J connectivity index is 2.16. The third-order valence-electron chi connectivity index (χ3n) is 1.94. The molecule has 0 unspecified atom stereocenters. The minimum absolute atomic E-state index is 0.114. The Morgan fingerprint density at radius 3 is 1.73 bits per heavy atom. The fourth-order valence-electron chi connectivity index (χ4n) is 1.26. The highest BCUT2D eigenvalue weighted by molar-refractivity contribution is 5.69. The summed E-state index contributed by atoms with van der Waals surface area (Å²) in [6, 6.07) is 0. The molecule has 0 saturated heterocycles. The summed E-state index contributed by atoms with van der Waals surface area (Å²) >= 11 is 0. The molecular formula is C7H10O4. The molecule has 4 nitrogen and oxygen atoms in total. The molecule has 0 aromatic heterocycles. The van der Waals surface area contributed by atoms with Crippen molar-refractivity contribution in [1.29, 1.82) is 0 Å². The fraction of sp³-hybridized carbons (Fsp3) is 0.714. The fourth-order valence-corrected chi connectivity index (χ4v) is 1.26. The third kappa shape index (κ3) is 2.57. The third-order valence-corrected chi connectivity index (χ3v) is 1.94. The van der Waals surface area contributed by atoms with Crippen molar-refractivity contribution >= 4 is 11.9 Å². The monoisotopic (exact) mass is 158 g/mol. The summed E-state index contributed by atoms with van der Waals surface area (Å²) in [6.07, 6.45) is 1.01. The normalized spacial score (nSPS) is 28.0. The molecule has 1 saturated carbocycles. The molecule has 0 aromatic carbocycles. The van der Waals surface area contributed by atoms with E-state index in [0.717, 1.165) is 6.42 Å². The molecule has 1 aliphatic rings. The number of rotatable bonds is 4. The van der Waals surface area contributed by atoms with Crippen LogP contribution in [0.4, 0.5) is 0 Å². The molecule has 0 radical (unpaired) electrons. The first-order chi connectivity index (χ1) is 5.09. The molecule has 0 amide bonds. The second-order valence-corrected chi connectivity index (χ2v) is 2.95. The number of carbonyl (C=O) groups is 2. The van der Waals surface area contributed by atoms with Crippen LogP contribution in [0.1, 0.15) is 19.3 Å². The van der Waals surface area contributed by atoms with Gasteiger partial charge in [0.15, 0.2) is 0 Å². The minimum atomic E-state index is -0.831. The minimum Gasteiger partial charge on any atom is -0.481 e. The van der Waals surface area contributed by atoms with Gasteiger partial charge in [0.2, 0.25) is 0 Å². The Labute approximate surface area is 63.8 Å². The van der Waals surface area contributed by atoms with E-state index >= 15 is 0 Å². The van der Waals surface area contributed by atoms with Crippen LogP contribution in [0.5, 0.6) is 0 Å². The summed E-state index contributed by atoms with van der Waals surface area (Å²) in [5.41, 5.74) is 0. The van der Waals surface area contributed by atoms with Crippen molar-refractivity contribution in [3.63, 3.8) is 0 Å². The predicted molar refractivity (Wildman–Crippen MR) is 36.1 cm³/mol. The van der Waals surface area contributed by atoms with Gasteiger partial charge in [0.1, 0.15) is 0 Å². The maximum atomic E-state index is 10.1. The molecule has 1 fully saturated rings. The van der Waals surface area contributed by atoms with Crippen molar-refractivity contribution < 1.29 is 19.8 Å². The van der Waals surface area contributed by atoms with Crippen molar-refractivity contribution in [3.8, 4) is 0 Å². The molecule has 0 aliphatic heterocycles. The second-order valence-electron chi connectivity index (χ2n) is 2.95. The van der Waals surface area contributed by atoms with E-state index < -0.39 is 11.9 Å². The molecule has 2 atom stereocenters. The Morgan fingerprint density at radius 2 is 1.45 bits per heavy atom. The van der Waals surface area contributed by atoms with Gasteiger partial charge in [-0.1, -0.05) is 0 Å². The Hall–Kier alpha value is -1.06. The number of hydrogen-bond acceptors (Lipinski definition) is 2. The van der Waals surface area contributed by atoms with Crippen LogP contribution >= 0.6 is 0 Å². The van der Waals surface area contributed by atoms with E-state index in [2.05, 4.69) is 0 Å². The van der Waals surface area contributed by atoms with Gasteiger partial charge in [-0.3, -0.25) is 9.59 Å². The van der Waals surface area contributed by atoms with E-state index in [1.807, 2.05) is 0 Å². The van der Waals surface area contributed by atoms with E-state index in [0.29, 0.717) is 0 Å². The molecule has 1 rings (SSSR count). The lowest BCUT2D eigenvalue weighted by Crippen LogP contribution is -2.00. The Morgan fingerprint density at radius 1 is 1.09 bits per heavy atom. The summed E-state index contributed by atoms with van der Waals surface area (Å²) in [4.78, 5) is 20.3. The Bertz CT molecular complexity index is 167. The van der Waals surface area contributed by atoms with Gasteiger partial charge in [-0.15, -0.1) is 0 Å². The zero-order valence-corrected chi connectivity index (χ0v) is 5.99. The van der Waals surface area contributed by atoms with Gasteiger partial charge in [0.05, 0.1) is 0 Å². The molecule has 62 valence electrons. The van der Waals surface area contributed by atoms with Gasteiger partial charge in [0.25, 0.3) is 0 Å². The van der Waals surface area contributed by atoms with Gasteiger partial charge in [-0.2, -0.15) is 0 Å². The molecule has 1 aliphatic carbocycles. The first-order valence-corrected chi connectivity index (χ1v) is 3.53. The van der Waals surface area contributed by atoms with Gasteiger partial charge in [0, 0.05) is 12.8 Å². The number of carboxylic acid groups (broad SMARTS) is 2. The quantitative estimate of drug-likeness (QED) is 0.627. The Kier molecular flexibility index (Phi) is 2.12. The van der Waals surface area contributed by atoms with Crippen LogP contribution < -0.4 is 0 Å². The molecule has 0 aromatic rings. The molecule has 2 N–H and O–H groups in total. The average molecular weight is 158 g/mol. The summed E-state index contributed by atoms with van der Waals surface area (Å²) in [5.74, 6) is -1.43. The first kappa shape index (κ1) is 8.04. The van der Waals surface area contributed by atoms with Crippen molar-refractivity contribution in [3.05, 3.63) is 0 Å². The number of aliphatic carboxylic acids is 2. The van der Waals surface area contributed by atoms with Crippen LogP contribution in [0.2, 0.25) is 0 Å². The largest absolute Gasteiger partial charge is 0.481 e. The molecule has 0 heterocycles. The lowest BCUT2D eigenvalue weighted by atomic mass is 10.2. The topological polar surface area (TPSA) is 74.6 Å². The van der Waals surface area contributed by atoms with E-state index in [1.165, 1.54) is 0 Å². The van der Waals surface area contributed by atoms with Crippen molar-refractivity contribution in [2.75, 3.05) is 0 Å². The van der Waals surface area contributed by atoms with Crippen molar-refractivity contribution in [1.82, 2.24) is 0 Å². The lowest BCUT2D eigenvalue weighted by Gasteiger charge is -1.91. The van der Waals surface area contributed by atoms with Crippen LogP contribution in [0.3, 0.4) is 0 Å². The molecule has 11 heavy (non-hydrogen) atoms. The zero-order chi connectivity index (χ0) is 8.43. The van der Waals surface area contributed by atoms with E-state index in [4.69, 9.17) is 10.2 Å². The number of carboxylic acids is 2. The lowest BCUT2D eigenvalue weighted by molar-refractivity contribution is -0.139. The number of hydrogen-bond donors (Lipinski definition) is 2. The summed E-state index contributed by atoms with van der Waals surface area (Å²) in [7, 11) is 0. The van der Waals surface area contributed by atoms with Crippen molar-refractivity contribution in [2.45, 2.75) is 19.3 Å².